The monoisotopic (exact) mass is 329 g/mol. The van der Waals surface area contributed by atoms with Crippen LogP contribution in [0.5, 0.6) is 0 Å². The minimum atomic E-state index is -0.311. The summed E-state index contributed by atoms with van der Waals surface area (Å²) in [5.74, 6) is -0.708. The third-order valence-corrected chi connectivity index (χ3v) is 4.13. The van der Waals surface area contributed by atoms with E-state index in [1.54, 1.807) is 18.2 Å². The van der Waals surface area contributed by atoms with Crippen LogP contribution in [0.3, 0.4) is 0 Å². The number of para-hydroxylation sites is 1. The molecule has 114 valence electrons. The van der Waals surface area contributed by atoms with Crippen LogP contribution >= 0.6 is 23.2 Å². The van der Waals surface area contributed by atoms with E-state index in [0.29, 0.717) is 22.3 Å². The number of likely N-dealkylation sites (tertiary alicyclic amines) is 1. The molecule has 1 atom stereocenters. The number of hydrogen-bond donors (Lipinski definition) is 2. The second-order valence-corrected chi connectivity index (χ2v) is 5.94. The summed E-state index contributed by atoms with van der Waals surface area (Å²) in [7, 11) is 0. The van der Waals surface area contributed by atoms with Crippen LogP contribution in [0.2, 0.25) is 10.0 Å². The Morgan fingerprint density at radius 3 is 2.62 bits per heavy atom. The number of carbonyl (C=O) groups excluding carboxylic acids is 2. The van der Waals surface area contributed by atoms with Gasteiger partial charge in [0.15, 0.2) is 0 Å². The Bertz CT molecular complexity index is 531. The molecule has 2 rings (SSSR count). The normalized spacial score (nSPS) is 19.2. The fourth-order valence-electron chi connectivity index (χ4n) is 2.43. The molecule has 0 bridgehead atoms. The molecule has 1 heterocycles. The highest BCUT2D eigenvalue weighted by molar-refractivity contribution is 6.39. The third kappa shape index (κ3) is 4.33. The minimum absolute atomic E-state index is 0.185. The van der Waals surface area contributed by atoms with Crippen LogP contribution in [0.1, 0.15) is 12.8 Å². The second kappa shape index (κ2) is 7.11. The average molecular weight is 330 g/mol. The summed E-state index contributed by atoms with van der Waals surface area (Å²) in [4.78, 5) is 25.2. The number of benzene rings is 1. The molecule has 0 aromatic heterocycles. The number of nitrogens with zero attached hydrogens (tertiary/aromatic N) is 1. The molecule has 7 heteroatoms. The van der Waals surface area contributed by atoms with Gasteiger partial charge in [-0.3, -0.25) is 14.5 Å². The van der Waals surface area contributed by atoms with Gasteiger partial charge in [-0.2, -0.15) is 0 Å². The molecular formula is C14H17Cl2N3O2. The quantitative estimate of drug-likeness (QED) is 0.888. The molecule has 0 unspecified atom stereocenters. The number of carbonyl (C=O) groups is 2. The average Bonchev–Trinajstić information content (AvgIpc) is 2.43. The molecule has 1 fully saturated rings. The van der Waals surface area contributed by atoms with Gasteiger partial charge in [0.2, 0.25) is 11.8 Å². The van der Waals surface area contributed by atoms with Gasteiger partial charge in [0, 0.05) is 6.54 Å². The van der Waals surface area contributed by atoms with Crippen molar-refractivity contribution in [2.75, 3.05) is 25.0 Å². The maximum Gasteiger partial charge on any atom is 0.238 e. The number of nitrogens with two attached hydrogens (primary N) is 1. The zero-order valence-corrected chi connectivity index (χ0v) is 13.0. The van der Waals surface area contributed by atoms with Crippen LogP contribution in [0, 0.1) is 5.92 Å². The first-order valence-electron chi connectivity index (χ1n) is 6.73. The van der Waals surface area contributed by atoms with Gasteiger partial charge in [-0.25, -0.2) is 0 Å². The molecular weight excluding hydrogens is 313 g/mol. The van der Waals surface area contributed by atoms with Crippen molar-refractivity contribution in [2.45, 2.75) is 12.8 Å². The van der Waals surface area contributed by atoms with Crippen molar-refractivity contribution in [3.05, 3.63) is 28.2 Å². The van der Waals surface area contributed by atoms with Crippen molar-refractivity contribution in [1.82, 2.24) is 4.90 Å². The van der Waals surface area contributed by atoms with E-state index in [1.165, 1.54) is 0 Å². The summed E-state index contributed by atoms with van der Waals surface area (Å²) < 4.78 is 0. The van der Waals surface area contributed by atoms with Crippen molar-refractivity contribution in [3.63, 3.8) is 0 Å². The summed E-state index contributed by atoms with van der Waals surface area (Å²) in [6, 6.07) is 5.03. The lowest BCUT2D eigenvalue weighted by Gasteiger charge is -2.30. The Kier molecular flexibility index (Phi) is 5.45. The van der Waals surface area contributed by atoms with Crippen molar-refractivity contribution in [1.29, 1.82) is 0 Å². The maximum atomic E-state index is 12.1. The van der Waals surface area contributed by atoms with Gasteiger partial charge in [0.25, 0.3) is 0 Å². The largest absolute Gasteiger partial charge is 0.369 e. The second-order valence-electron chi connectivity index (χ2n) is 5.12. The number of nitrogens with one attached hydrogen (secondary N) is 1. The molecule has 0 radical (unpaired) electrons. The van der Waals surface area contributed by atoms with Gasteiger partial charge in [-0.15, -0.1) is 0 Å². The topological polar surface area (TPSA) is 75.4 Å². The van der Waals surface area contributed by atoms with Crippen molar-refractivity contribution in [3.8, 4) is 0 Å². The molecule has 1 aromatic rings. The number of amides is 2. The summed E-state index contributed by atoms with van der Waals surface area (Å²) in [6.07, 6.45) is 1.64. The molecule has 1 aliphatic heterocycles. The van der Waals surface area contributed by atoms with E-state index in [2.05, 4.69) is 5.32 Å². The van der Waals surface area contributed by atoms with Gasteiger partial charge in [-0.1, -0.05) is 29.3 Å². The zero-order valence-electron chi connectivity index (χ0n) is 11.4. The predicted molar refractivity (Wildman–Crippen MR) is 83.5 cm³/mol. The molecule has 1 saturated heterocycles. The summed E-state index contributed by atoms with van der Waals surface area (Å²) in [5, 5.41) is 3.50. The van der Waals surface area contributed by atoms with E-state index in [4.69, 9.17) is 28.9 Å². The smallest absolute Gasteiger partial charge is 0.238 e. The van der Waals surface area contributed by atoms with E-state index in [1.807, 2.05) is 4.90 Å². The van der Waals surface area contributed by atoms with E-state index < -0.39 is 0 Å². The zero-order chi connectivity index (χ0) is 15.4. The summed E-state index contributed by atoms with van der Waals surface area (Å²) in [5.41, 5.74) is 5.73. The molecule has 2 amide bonds. The highest BCUT2D eigenvalue weighted by Crippen LogP contribution is 2.29. The van der Waals surface area contributed by atoms with Gasteiger partial charge >= 0.3 is 0 Å². The lowest BCUT2D eigenvalue weighted by atomic mass is 9.97. The van der Waals surface area contributed by atoms with Crippen LogP contribution in [-0.2, 0) is 9.59 Å². The van der Waals surface area contributed by atoms with Crippen LogP contribution in [0.25, 0.3) is 0 Å². The highest BCUT2D eigenvalue weighted by Gasteiger charge is 2.25. The number of rotatable bonds is 4. The summed E-state index contributed by atoms with van der Waals surface area (Å²) >= 11 is 12.0. The van der Waals surface area contributed by atoms with Crippen LogP contribution in [0.15, 0.2) is 18.2 Å². The number of piperidine rings is 1. The van der Waals surface area contributed by atoms with Gasteiger partial charge in [0.05, 0.1) is 28.2 Å². The first-order valence-corrected chi connectivity index (χ1v) is 7.48. The summed E-state index contributed by atoms with van der Waals surface area (Å²) in [6.45, 7) is 1.47. The van der Waals surface area contributed by atoms with Gasteiger partial charge in [0.1, 0.15) is 0 Å². The molecule has 3 N–H and O–H groups in total. The Hall–Kier alpha value is -1.30. The van der Waals surface area contributed by atoms with Crippen LogP contribution in [-0.4, -0.2) is 36.3 Å². The lowest BCUT2D eigenvalue weighted by molar-refractivity contribution is -0.125. The Morgan fingerprint density at radius 2 is 2.00 bits per heavy atom. The van der Waals surface area contributed by atoms with E-state index in [-0.39, 0.29) is 24.3 Å². The van der Waals surface area contributed by atoms with Crippen molar-refractivity contribution in [2.24, 2.45) is 11.7 Å². The highest BCUT2D eigenvalue weighted by atomic mass is 35.5. The fourth-order valence-corrected chi connectivity index (χ4v) is 2.92. The minimum Gasteiger partial charge on any atom is -0.369 e. The first kappa shape index (κ1) is 16.1. The van der Waals surface area contributed by atoms with Crippen LogP contribution in [0.4, 0.5) is 5.69 Å². The molecule has 5 nitrogen and oxygen atoms in total. The number of primary amides is 1. The molecule has 0 saturated carbocycles. The standard InChI is InChI=1S/C14H17Cl2N3O2/c15-10-4-1-5-11(16)13(10)18-12(20)8-19-6-2-3-9(7-19)14(17)21/h1,4-5,9H,2-3,6-8H2,(H2,17,21)(H,18,20)/t9-/m0/s1. The Balaban J connectivity index is 1.94. The number of halogens is 2. The predicted octanol–water partition coefficient (Wildman–Crippen LogP) is 2.13. The molecule has 21 heavy (non-hydrogen) atoms. The third-order valence-electron chi connectivity index (χ3n) is 3.50. The SMILES string of the molecule is NC(=O)[C@H]1CCCN(CC(=O)Nc2c(Cl)cccc2Cl)C1. The Morgan fingerprint density at radius 1 is 1.33 bits per heavy atom. The molecule has 1 aliphatic rings. The van der Waals surface area contributed by atoms with Gasteiger partial charge in [-0.05, 0) is 31.5 Å². The molecule has 1 aromatic carbocycles. The van der Waals surface area contributed by atoms with E-state index in [9.17, 15) is 9.59 Å². The Labute approximate surface area is 133 Å². The van der Waals surface area contributed by atoms with Crippen LogP contribution < -0.4 is 11.1 Å². The maximum absolute atomic E-state index is 12.1. The first-order chi connectivity index (χ1) is 9.97. The fraction of sp³-hybridized carbons (Fsp3) is 0.429. The van der Waals surface area contributed by atoms with E-state index in [0.717, 1.165) is 19.4 Å². The molecule has 0 aliphatic carbocycles. The van der Waals surface area contributed by atoms with Gasteiger partial charge < -0.3 is 11.1 Å². The number of anilines is 1. The molecule has 0 spiro atoms. The number of hydrogen-bond acceptors (Lipinski definition) is 3. The van der Waals surface area contributed by atoms with Crippen molar-refractivity contribution >= 4 is 40.7 Å². The lowest BCUT2D eigenvalue weighted by Crippen LogP contribution is -2.44. The van der Waals surface area contributed by atoms with E-state index >= 15 is 0 Å². The van der Waals surface area contributed by atoms with Crippen molar-refractivity contribution < 1.29 is 9.59 Å².